The molecule has 1 aliphatic heterocycles. The van der Waals surface area contributed by atoms with E-state index < -0.39 is 11.7 Å². The van der Waals surface area contributed by atoms with Gasteiger partial charge >= 0.3 is 0 Å². The number of nitrogens with zero attached hydrogens (tertiary/aromatic N) is 1. The number of Topliss-reactive ketones (excluding diaryl/α,β-unsaturated/α-hetero) is 1. The Bertz CT molecular complexity index is 525. The summed E-state index contributed by atoms with van der Waals surface area (Å²) in [5.74, 6) is -0.916. The Labute approximate surface area is 109 Å². The van der Waals surface area contributed by atoms with Gasteiger partial charge in [0, 0.05) is 12.4 Å². The standard InChI is InChI=1S/C12H9Cl2NO2/c1-7(5-13)6-15-9-4-2-3-8(14)10(9)11(16)12(15)17/h2-4H,1,5-6H2. The number of benzene rings is 1. The number of ketones is 1. The summed E-state index contributed by atoms with van der Waals surface area (Å²) in [6.07, 6.45) is 0. The summed E-state index contributed by atoms with van der Waals surface area (Å²) in [6, 6.07) is 4.97. The highest BCUT2D eigenvalue weighted by Gasteiger charge is 2.37. The van der Waals surface area contributed by atoms with Crippen molar-refractivity contribution < 1.29 is 9.59 Å². The number of amides is 1. The third-order valence-corrected chi connectivity index (χ3v) is 3.21. The van der Waals surface area contributed by atoms with Crippen molar-refractivity contribution >= 4 is 40.6 Å². The molecular weight excluding hydrogens is 261 g/mol. The third-order valence-electron chi connectivity index (χ3n) is 2.52. The molecule has 1 heterocycles. The smallest absolute Gasteiger partial charge is 0.299 e. The average molecular weight is 270 g/mol. The minimum Gasteiger partial charge on any atom is -0.301 e. The molecule has 0 saturated heterocycles. The Balaban J connectivity index is 2.45. The van der Waals surface area contributed by atoms with Crippen LogP contribution in [0.5, 0.6) is 0 Å². The fraction of sp³-hybridized carbons (Fsp3) is 0.167. The predicted octanol–water partition coefficient (Wildman–Crippen LogP) is 2.66. The zero-order valence-corrected chi connectivity index (χ0v) is 10.4. The lowest BCUT2D eigenvalue weighted by molar-refractivity contribution is -0.114. The van der Waals surface area contributed by atoms with Gasteiger partial charge in [-0.3, -0.25) is 9.59 Å². The summed E-state index contributed by atoms with van der Waals surface area (Å²) in [4.78, 5) is 24.9. The van der Waals surface area contributed by atoms with Crippen LogP contribution < -0.4 is 4.90 Å². The summed E-state index contributed by atoms with van der Waals surface area (Å²) in [5, 5.41) is 0.292. The van der Waals surface area contributed by atoms with E-state index in [1.165, 1.54) is 4.90 Å². The molecule has 2 rings (SSSR count). The first-order valence-electron chi connectivity index (χ1n) is 4.93. The molecule has 0 fully saturated rings. The van der Waals surface area contributed by atoms with Crippen LogP contribution in [0.3, 0.4) is 0 Å². The highest BCUT2D eigenvalue weighted by molar-refractivity contribution is 6.55. The molecule has 0 radical (unpaired) electrons. The zero-order chi connectivity index (χ0) is 12.6. The van der Waals surface area contributed by atoms with Gasteiger partial charge in [-0.15, -0.1) is 11.6 Å². The van der Waals surface area contributed by atoms with Crippen LogP contribution in [0.1, 0.15) is 10.4 Å². The molecule has 0 atom stereocenters. The summed E-state index contributed by atoms with van der Waals surface area (Å²) < 4.78 is 0. The topological polar surface area (TPSA) is 37.4 Å². The van der Waals surface area contributed by atoms with E-state index in [9.17, 15) is 9.59 Å². The fourth-order valence-corrected chi connectivity index (χ4v) is 2.06. The molecular formula is C12H9Cl2NO2. The number of carbonyl (C=O) groups excluding carboxylic acids is 2. The largest absolute Gasteiger partial charge is 0.301 e. The van der Waals surface area contributed by atoms with Crippen LogP contribution >= 0.6 is 23.2 Å². The maximum absolute atomic E-state index is 11.8. The van der Waals surface area contributed by atoms with Crippen LogP contribution in [-0.2, 0) is 4.79 Å². The molecule has 0 aliphatic carbocycles. The number of halogens is 2. The second-order valence-corrected chi connectivity index (χ2v) is 4.41. The third kappa shape index (κ3) is 1.96. The molecule has 0 aromatic heterocycles. The number of alkyl halides is 1. The van der Waals surface area contributed by atoms with Gasteiger partial charge < -0.3 is 4.90 Å². The lowest BCUT2D eigenvalue weighted by atomic mass is 10.1. The number of hydrogen-bond acceptors (Lipinski definition) is 2. The second kappa shape index (κ2) is 4.51. The summed E-state index contributed by atoms with van der Waals surface area (Å²) in [6.45, 7) is 3.96. The zero-order valence-electron chi connectivity index (χ0n) is 8.87. The molecule has 1 aromatic rings. The number of carbonyl (C=O) groups is 2. The van der Waals surface area contributed by atoms with Crippen molar-refractivity contribution in [3.8, 4) is 0 Å². The lowest BCUT2D eigenvalue weighted by Gasteiger charge is -2.16. The van der Waals surface area contributed by atoms with Crippen molar-refractivity contribution in [2.24, 2.45) is 0 Å². The minimum atomic E-state index is -0.584. The van der Waals surface area contributed by atoms with E-state index >= 15 is 0 Å². The molecule has 88 valence electrons. The lowest BCUT2D eigenvalue weighted by Crippen LogP contribution is -2.31. The first kappa shape index (κ1) is 12.1. The van der Waals surface area contributed by atoms with Crippen molar-refractivity contribution in [1.29, 1.82) is 0 Å². The Morgan fingerprint density at radius 1 is 1.35 bits per heavy atom. The first-order chi connectivity index (χ1) is 8.06. The van der Waals surface area contributed by atoms with E-state index in [1.54, 1.807) is 18.2 Å². The molecule has 1 amide bonds. The molecule has 0 bridgehead atoms. The van der Waals surface area contributed by atoms with Gasteiger partial charge in [0.05, 0.1) is 16.3 Å². The summed E-state index contributed by atoms with van der Waals surface area (Å²) in [7, 11) is 0. The molecule has 3 nitrogen and oxygen atoms in total. The van der Waals surface area contributed by atoms with Crippen LogP contribution in [0.25, 0.3) is 0 Å². The van der Waals surface area contributed by atoms with Crippen LogP contribution in [0.4, 0.5) is 5.69 Å². The van der Waals surface area contributed by atoms with E-state index in [0.717, 1.165) is 0 Å². The summed E-state index contributed by atoms with van der Waals surface area (Å²) in [5.41, 5.74) is 1.46. The van der Waals surface area contributed by atoms with Gasteiger partial charge in [0.15, 0.2) is 0 Å². The van der Waals surface area contributed by atoms with Crippen molar-refractivity contribution in [3.63, 3.8) is 0 Å². The van der Waals surface area contributed by atoms with Gasteiger partial charge in [-0.05, 0) is 17.7 Å². The maximum atomic E-state index is 11.8. The first-order valence-corrected chi connectivity index (χ1v) is 5.85. The van der Waals surface area contributed by atoms with E-state index in [2.05, 4.69) is 6.58 Å². The van der Waals surface area contributed by atoms with Crippen LogP contribution in [-0.4, -0.2) is 24.1 Å². The Morgan fingerprint density at radius 2 is 2.06 bits per heavy atom. The van der Waals surface area contributed by atoms with E-state index in [0.29, 0.717) is 16.3 Å². The van der Waals surface area contributed by atoms with Crippen molar-refractivity contribution in [1.82, 2.24) is 0 Å². The molecule has 5 heteroatoms. The molecule has 0 saturated carbocycles. The van der Waals surface area contributed by atoms with Crippen molar-refractivity contribution in [3.05, 3.63) is 40.9 Å². The average Bonchev–Trinajstić information content (AvgIpc) is 2.55. The quantitative estimate of drug-likeness (QED) is 0.481. The predicted molar refractivity (Wildman–Crippen MR) is 68.0 cm³/mol. The Morgan fingerprint density at radius 3 is 2.71 bits per heavy atom. The summed E-state index contributed by atoms with van der Waals surface area (Å²) >= 11 is 11.5. The van der Waals surface area contributed by atoms with E-state index in [1.807, 2.05) is 0 Å². The van der Waals surface area contributed by atoms with Crippen LogP contribution in [0.2, 0.25) is 5.02 Å². The second-order valence-electron chi connectivity index (χ2n) is 3.74. The Hall–Kier alpha value is -1.32. The molecule has 0 unspecified atom stereocenters. The van der Waals surface area contributed by atoms with Gasteiger partial charge in [0.25, 0.3) is 11.7 Å². The van der Waals surface area contributed by atoms with Gasteiger partial charge in [-0.25, -0.2) is 0 Å². The van der Waals surface area contributed by atoms with Gasteiger partial charge in [0.2, 0.25) is 0 Å². The number of hydrogen-bond donors (Lipinski definition) is 0. The fourth-order valence-electron chi connectivity index (χ4n) is 1.72. The number of rotatable bonds is 3. The van der Waals surface area contributed by atoms with Gasteiger partial charge in [0.1, 0.15) is 0 Å². The van der Waals surface area contributed by atoms with Crippen LogP contribution in [0, 0.1) is 0 Å². The highest BCUT2D eigenvalue weighted by atomic mass is 35.5. The van der Waals surface area contributed by atoms with Gasteiger partial charge in [-0.2, -0.15) is 0 Å². The molecule has 0 N–H and O–H groups in total. The van der Waals surface area contributed by atoms with E-state index in [-0.39, 0.29) is 18.0 Å². The van der Waals surface area contributed by atoms with Crippen LogP contribution in [0.15, 0.2) is 30.4 Å². The SMILES string of the molecule is C=C(CCl)CN1C(=O)C(=O)c2c(Cl)cccc21. The van der Waals surface area contributed by atoms with Crippen molar-refractivity contribution in [2.45, 2.75) is 0 Å². The molecule has 1 aliphatic rings. The van der Waals surface area contributed by atoms with Crippen molar-refractivity contribution in [2.75, 3.05) is 17.3 Å². The minimum absolute atomic E-state index is 0.238. The number of anilines is 1. The normalized spacial score (nSPS) is 14.1. The Kier molecular flexibility index (Phi) is 3.22. The molecule has 17 heavy (non-hydrogen) atoms. The monoisotopic (exact) mass is 269 g/mol. The van der Waals surface area contributed by atoms with E-state index in [4.69, 9.17) is 23.2 Å². The molecule has 1 aromatic carbocycles. The molecule has 0 spiro atoms. The van der Waals surface area contributed by atoms with Gasteiger partial charge in [-0.1, -0.05) is 24.2 Å². The number of fused-ring (bicyclic) bond motifs is 1. The highest BCUT2D eigenvalue weighted by Crippen LogP contribution is 2.34. The maximum Gasteiger partial charge on any atom is 0.299 e.